The topological polar surface area (TPSA) is 4.36 Å². The van der Waals surface area contributed by atoms with E-state index in [0.717, 1.165) is 5.56 Å². The van der Waals surface area contributed by atoms with E-state index in [4.69, 9.17) is 18.2 Å². The summed E-state index contributed by atoms with van der Waals surface area (Å²) in [5, 5.41) is 0.696. The fourth-order valence-electron chi connectivity index (χ4n) is 0.727. The van der Waals surface area contributed by atoms with E-state index in [1.165, 1.54) is 0 Å². The third-order valence-corrected chi connectivity index (χ3v) is 1.39. The van der Waals surface area contributed by atoms with Gasteiger partial charge in [-0.15, -0.1) is 0 Å². The first-order chi connectivity index (χ1) is 4.83. The molecule has 1 nitrogen and oxygen atoms in total. The van der Waals surface area contributed by atoms with Gasteiger partial charge < -0.3 is 4.85 Å². The first-order valence-electron chi connectivity index (χ1n) is 2.90. The zero-order valence-corrected chi connectivity index (χ0v) is 6.10. The van der Waals surface area contributed by atoms with Gasteiger partial charge in [0.05, 0.1) is 0 Å². The van der Waals surface area contributed by atoms with Crippen molar-refractivity contribution >= 4 is 11.6 Å². The van der Waals surface area contributed by atoms with Gasteiger partial charge in [-0.3, -0.25) is 0 Å². The molecule has 0 aliphatic carbocycles. The maximum Gasteiger partial charge on any atom is 0.239 e. The molecule has 0 spiro atoms. The van der Waals surface area contributed by atoms with Crippen LogP contribution in [-0.2, 0) is 6.54 Å². The van der Waals surface area contributed by atoms with Gasteiger partial charge >= 0.3 is 0 Å². The number of hydrogen-bond donors (Lipinski definition) is 0. The summed E-state index contributed by atoms with van der Waals surface area (Å²) >= 11 is 5.68. The highest BCUT2D eigenvalue weighted by molar-refractivity contribution is 6.30. The van der Waals surface area contributed by atoms with Crippen molar-refractivity contribution in [1.82, 2.24) is 0 Å². The molecule has 0 N–H and O–H groups in total. The Labute approximate surface area is 65.1 Å². The average molecular weight is 152 g/mol. The van der Waals surface area contributed by atoms with Crippen molar-refractivity contribution in [2.24, 2.45) is 0 Å². The molecular formula is C8H6ClN. The van der Waals surface area contributed by atoms with Crippen LogP contribution in [-0.4, -0.2) is 0 Å². The number of halogens is 1. The summed E-state index contributed by atoms with van der Waals surface area (Å²) in [6.07, 6.45) is 0. The summed E-state index contributed by atoms with van der Waals surface area (Å²) in [6, 6.07) is 7.35. The molecule has 0 aliphatic rings. The molecule has 1 rings (SSSR count). The fraction of sp³-hybridized carbons (Fsp3) is 0.125. The van der Waals surface area contributed by atoms with Crippen LogP contribution in [0.4, 0.5) is 0 Å². The second kappa shape index (κ2) is 3.24. The molecule has 0 atom stereocenters. The molecule has 2 heteroatoms. The molecule has 0 heterocycles. The molecule has 0 fully saturated rings. The van der Waals surface area contributed by atoms with E-state index >= 15 is 0 Å². The monoisotopic (exact) mass is 151 g/mol. The zero-order chi connectivity index (χ0) is 7.40. The van der Waals surface area contributed by atoms with E-state index in [1.807, 2.05) is 12.1 Å². The van der Waals surface area contributed by atoms with Gasteiger partial charge in [-0.25, -0.2) is 6.57 Å². The molecular weight excluding hydrogens is 146 g/mol. The smallest absolute Gasteiger partial charge is 0.239 e. The van der Waals surface area contributed by atoms with Crippen LogP contribution >= 0.6 is 11.6 Å². The van der Waals surface area contributed by atoms with Crippen molar-refractivity contribution in [3.63, 3.8) is 0 Å². The average Bonchev–Trinajstić information content (AvgIpc) is 1.88. The van der Waals surface area contributed by atoms with Crippen molar-refractivity contribution in [3.05, 3.63) is 46.3 Å². The summed E-state index contributed by atoms with van der Waals surface area (Å²) < 4.78 is 0. The summed E-state index contributed by atoms with van der Waals surface area (Å²) in [6.45, 7) is 7.01. The van der Waals surface area contributed by atoms with Crippen LogP contribution in [0.15, 0.2) is 24.3 Å². The Morgan fingerprint density at radius 2 is 2.30 bits per heavy atom. The van der Waals surface area contributed by atoms with E-state index in [9.17, 15) is 0 Å². The molecule has 1 aromatic carbocycles. The Balaban J connectivity index is 2.87. The minimum absolute atomic E-state index is 0.417. The SMILES string of the molecule is [C-]#[N+]Cc1cccc(Cl)c1. The van der Waals surface area contributed by atoms with Gasteiger partial charge in [0.25, 0.3) is 0 Å². The van der Waals surface area contributed by atoms with E-state index in [1.54, 1.807) is 12.1 Å². The second-order valence-electron chi connectivity index (χ2n) is 1.95. The van der Waals surface area contributed by atoms with Gasteiger partial charge in [0.15, 0.2) is 0 Å². The number of benzene rings is 1. The summed E-state index contributed by atoms with van der Waals surface area (Å²) in [7, 11) is 0. The van der Waals surface area contributed by atoms with E-state index in [2.05, 4.69) is 4.85 Å². The Hall–Kier alpha value is -1.00. The second-order valence-corrected chi connectivity index (χ2v) is 2.38. The molecule has 50 valence electrons. The third-order valence-electron chi connectivity index (χ3n) is 1.15. The molecule has 0 bridgehead atoms. The van der Waals surface area contributed by atoms with Gasteiger partial charge in [-0.1, -0.05) is 23.7 Å². The molecule has 0 radical (unpaired) electrons. The fourth-order valence-corrected chi connectivity index (χ4v) is 0.939. The van der Waals surface area contributed by atoms with Crippen LogP contribution in [0.2, 0.25) is 5.02 Å². The molecule has 0 aliphatic heterocycles. The lowest BCUT2D eigenvalue weighted by molar-refractivity contribution is 1.27. The first-order valence-corrected chi connectivity index (χ1v) is 3.28. The van der Waals surface area contributed by atoms with Crippen molar-refractivity contribution in [2.75, 3.05) is 0 Å². The van der Waals surface area contributed by atoms with Crippen molar-refractivity contribution in [3.8, 4) is 0 Å². The Kier molecular flexibility index (Phi) is 2.30. The Bertz CT molecular complexity index is 262. The molecule has 0 saturated heterocycles. The van der Waals surface area contributed by atoms with Crippen LogP contribution in [0.3, 0.4) is 0 Å². The van der Waals surface area contributed by atoms with Gasteiger partial charge in [-0.05, 0) is 12.1 Å². The van der Waals surface area contributed by atoms with Crippen LogP contribution in [0.25, 0.3) is 4.85 Å². The molecule has 0 unspecified atom stereocenters. The van der Waals surface area contributed by atoms with Crippen LogP contribution < -0.4 is 0 Å². The van der Waals surface area contributed by atoms with Crippen molar-refractivity contribution in [2.45, 2.75) is 6.54 Å². The maximum atomic E-state index is 6.59. The Morgan fingerprint density at radius 3 is 2.90 bits per heavy atom. The largest absolute Gasteiger partial charge is 0.312 e. The van der Waals surface area contributed by atoms with Crippen LogP contribution in [0.5, 0.6) is 0 Å². The number of hydrogen-bond acceptors (Lipinski definition) is 0. The predicted molar refractivity (Wildman–Crippen MR) is 41.8 cm³/mol. The maximum absolute atomic E-state index is 6.59. The van der Waals surface area contributed by atoms with Crippen LogP contribution in [0.1, 0.15) is 5.56 Å². The summed E-state index contributed by atoms with van der Waals surface area (Å²) in [4.78, 5) is 3.24. The minimum atomic E-state index is 0.417. The molecule has 0 saturated carbocycles. The van der Waals surface area contributed by atoms with Crippen LogP contribution in [0, 0.1) is 6.57 Å². The lowest BCUT2D eigenvalue weighted by Gasteiger charge is -1.90. The quantitative estimate of drug-likeness (QED) is 0.544. The van der Waals surface area contributed by atoms with Crippen molar-refractivity contribution < 1.29 is 0 Å². The van der Waals surface area contributed by atoms with E-state index < -0.39 is 0 Å². The van der Waals surface area contributed by atoms with E-state index in [-0.39, 0.29) is 0 Å². The normalized spacial score (nSPS) is 8.80. The highest BCUT2D eigenvalue weighted by Gasteiger charge is 1.93. The molecule has 0 amide bonds. The van der Waals surface area contributed by atoms with Gasteiger partial charge in [-0.2, -0.15) is 0 Å². The lowest BCUT2D eigenvalue weighted by Crippen LogP contribution is -1.76. The Morgan fingerprint density at radius 1 is 1.50 bits per heavy atom. The number of rotatable bonds is 1. The summed E-state index contributed by atoms with van der Waals surface area (Å²) in [5.74, 6) is 0. The van der Waals surface area contributed by atoms with Gasteiger partial charge in [0.1, 0.15) is 0 Å². The lowest BCUT2D eigenvalue weighted by atomic mass is 10.2. The summed E-state index contributed by atoms with van der Waals surface area (Å²) in [5.41, 5.74) is 0.975. The predicted octanol–water partition coefficient (Wildman–Crippen LogP) is 2.76. The van der Waals surface area contributed by atoms with Gasteiger partial charge in [0, 0.05) is 10.6 Å². The highest BCUT2D eigenvalue weighted by atomic mass is 35.5. The standard InChI is InChI=1S/C8H6ClN/c1-10-6-7-3-2-4-8(9)5-7/h2-5H,6H2. The third kappa shape index (κ3) is 1.75. The molecule has 1 aromatic rings. The highest BCUT2D eigenvalue weighted by Crippen LogP contribution is 2.10. The number of nitrogens with zero attached hydrogens (tertiary/aromatic N) is 1. The minimum Gasteiger partial charge on any atom is -0.312 e. The molecule has 10 heavy (non-hydrogen) atoms. The zero-order valence-electron chi connectivity index (χ0n) is 5.34. The van der Waals surface area contributed by atoms with E-state index in [0.29, 0.717) is 11.6 Å². The van der Waals surface area contributed by atoms with Gasteiger partial charge in [0.2, 0.25) is 6.54 Å². The van der Waals surface area contributed by atoms with Crippen molar-refractivity contribution in [1.29, 1.82) is 0 Å². The molecule has 0 aromatic heterocycles. The first kappa shape index (κ1) is 7.11.